The van der Waals surface area contributed by atoms with Gasteiger partial charge >= 0.3 is 26.2 Å². The molecule has 1 aromatic rings. The third-order valence-electron chi connectivity index (χ3n) is 2.90. The number of nitrogens with one attached hydrogen (secondary N) is 1. The topological polar surface area (TPSA) is 15.8 Å². The van der Waals surface area contributed by atoms with Crippen LogP contribution in [0.1, 0.15) is 52.7 Å². The zero-order valence-corrected chi connectivity index (χ0v) is 18.2. The molecule has 0 fully saturated rings. The van der Waals surface area contributed by atoms with Crippen LogP contribution < -0.4 is 24.8 Å². The number of H-pyrrole nitrogens is 1. The van der Waals surface area contributed by atoms with Crippen LogP contribution in [-0.2, 0) is 37.0 Å². The van der Waals surface area contributed by atoms with Gasteiger partial charge in [0, 0.05) is 0 Å². The summed E-state index contributed by atoms with van der Waals surface area (Å²) in [7, 11) is 0. The van der Waals surface area contributed by atoms with Crippen molar-refractivity contribution in [2.24, 2.45) is 0 Å². The molecule has 0 saturated carbocycles. The normalized spacial score (nSPS) is 12.5. The van der Waals surface area contributed by atoms with Gasteiger partial charge in [-0.25, -0.2) is 0 Å². The van der Waals surface area contributed by atoms with E-state index in [2.05, 4.69) is 71.6 Å². The van der Waals surface area contributed by atoms with E-state index in [9.17, 15) is 0 Å². The molecule has 0 atom stereocenters. The molecule has 0 aromatic carbocycles. The molecule has 1 aromatic heterocycles. The van der Waals surface area contributed by atoms with Crippen LogP contribution in [-0.4, -0.2) is 4.98 Å². The Labute approximate surface area is 167 Å². The molecule has 4 heteroatoms. The summed E-state index contributed by atoms with van der Waals surface area (Å²) in [4.78, 5) is 3.09. The maximum absolute atomic E-state index is 3.62. The van der Waals surface area contributed by atoms with Gasteiger partial charge in [-0.1, -0.05) is 47.0 Å². The van der Waals surface area contributed by atoms with E-state index >= 15 is 0 Å². The van der Waals surface area contributed by atoms with Crippen molar-refractivity contribution in [1.82, 2.24) is 4.98 Å². The average molecular weight is 418 g/mol. The fraction of sp³-hybridized carbons (Fsp3) is 0.444. The van der Waals surface area contributed by atoms with Crippen LogP contribution in [0.15, 0.2) is 36.6 Å². The van der Waals surface area contributed by atoms with Gasteiger partial charge in [-0.15, -0.1) is 24.0 Å². The van der Waals surface area contributed by atoms with E-state index in [1.54, 1.807) is 0 Å². The SMILES string of the molecule is C=C1[C-]=CC=C1.CC(C)(C)c1[c-][nH]cc1C(C)(C)C.[Cl-].[Cl-].[Zr+4]. The maximum Gasteiger partial charge on any atom is 4.00 e. The summed E-state index contributed by atoms with van der Waals surface area (Å²) >= 11 is 0. The molecule has 22 heavy (non-hydrogen) atoms. The van der Waals surface area contributed by atoms with Gasteiger partial charge in [-0.2, -0.15) is 35.9 Å². The van der Waals surface area contributed by atoms with Gasteiger partial charge in [0.15, 0.2) is 0 Å². The first-order chi connectivity index (χ1) is 8.62. The Hall–Kier alpha value is -0.0369. The smallest absolute Gasteiger partial charge is 1.00 e. The number of hydrogen-bond acceptors (Lipinski definition) is 0. The van der Waals surface area contributed by atoms with Crippen molar-refractivity contribution >= 4 is 0 Å². The van der Waals surface area contributed by atoms with Crippen LogP contribution in [0.5, 0.6) is 0 Å². The van der Waals surface area contributed by atoms with Crippen LogP contribution in [0.25, 0.3) is 0 Å². The summed E-state index contributed by atoms with van der Waals surface area (Å²) in [5, 5.41) is 0. The molecule has 2 rings (SSSR count). The molecule has 0 spiro atoms. The van der Waals surface area contributed by atoms with Crippen LogP contribution in [0.4, 0.5) is 0 Å². The number of allylic oxidation sites excluding steroid dienone is 5. The van der Waals surface area contributed by atoms with E-state index in [1.165, 1.54) is 11.1 Å². The zero-order valence-electron chi connectivity index (χ0n) is 14.3. The molecule has 1 N–H and O–H groups in total. The number of aromatic amines is 1. The Morgan fingerprint density at radius 3 is 1.77 bits per heavy atom. The first kappa shape index (κ1) is 26.8. The van der Waals surface area contributed by atoms with Crippen molar-refractivity contribution in [2.45, 2.75) is 52.4 Å². The predicted molar refractivity (Wildman–Crippen MR) is 83.1 cm³/mol. The first-order valence-electron chi connectivity index (χ1n) is 6.67. The van der Waals surface area contributed by atoms with Crippen molar-refractivity contribution in [1.29, 1.82) is 0 Å². The van der Waals surface area contributed by atoms with Gasteiger partial charge in [-0.05, 0) is 5.41 Å². The third-order valence-corrected chi connectivity index (χ3v) is 2.90. The molecular formula is C18H25Cl2NZr. The second-order valence-electron chi connectivity index (χ2n) is 6.90. The Balaban J connectivity index is -0.000000346. The van der Waals surface area contributed by atoms with Crippen molar-refractivity contribution in [3.63, 3.8) is 0 Å². The Morgan fingerprint density at radius 2 is 1.55 bits per heavy atom. The summed E-state index contributed by atoms with van der Waals surface area (Å²) in [6.45, 7) is 17.0. The minimum absolute atomic E-state index is 0. The largest absolute Gasteiger partial charge is 4.00 e. The monoisotopic (exact) mass is 415 g/mol. The van der Waals surface area contributed by atoms with Gasteiger partial charge in [0.1, 0.15) is 0 Å². The fourth-order valence-corrected chi connectivity index (χ4v) is 1.87. The second kappa shape index (κ2) is 10.7. The third kappa shape index (κ3) is 8.56. The van der Waals surface area contributed by atoms with E-state index in [0.717, 1.165) is 5.57 Å². The van der Waals surface area contributed by atoms with E-state index in [4.69, 9.17) is 0 Å². The summed E-state index contributed by atoms with van der Waals surface area (Å²) in [5.74, 6) is 0. The molecule has 0 aliphatic heterocycles. The van der Waals surface area contributed by atoms with E-state index < -0.39 is 0 Å². The van der Waals surface area contributed by atoms with Gasteiger partial charge in [0.05, 0.1) is 0 Å². The van der Waals surface area contributed by atoms with Crippen LogP contribution in [0.2, 0.25) is 0 Å². The van der Waals surface area contributed by atoms with Crippen molar-refractivity contribution < 1.29 is 51.0 Å². The van der Waals surface area contributed by atoms with E-state index in [0.29, 0.717) is 0 Å². The van der Waals surface area contributed by atoms with Crippen molar-refractivity contribution in [2.75, 3.05) is 0 Å². The van der Waals surface area contributed by atoms with Gasteiger partial charge in [-0.3, -0.25) is 0 Å². The first-order valence-corrected chi connectivity index (χ1v) is 6.67. The Kier molecular flexibility index (Phi) is 13.0. The van der Waals surface area contributed by atoms with Crippen LogP contribution in [0, 0.1) is 12.3 Å². The summed E-state index contributed by atoms with van der Waals surface area (Å²) in [6, 6.07) is 0. The molecule has 1 aliphatic carbocycles. The quantitative estimate of drug-likeness (QED) is 0.516. The molecule has 0 saturated heterocycles. The van der Waals surface area contributed by atoms with Gasteiger partial charge in [0.2, 0.25) is 0 Å². The summed E-state index contributed by atoms with van der Waals surface area (Å²) in [6.07, 6.45) is 13.9. The maximum atomic E-state index is 3.62. The molecule has 1 nitrogen and oxygen atoms in total. The molecule has 120 valence electrons. The number of aromatic nitrogens is 1. The number of halogens is 2. The van der Waals surface area contributed by atoms with Gasteiger partial charge in [0.25, 0.3) is 0 Å². The standard InChI is InChI=1S/C12H20N.C6H5.2ClH.Zr/c1-11(2,3)9-7-13-8-10(9)12(4,5)6;1-6-4-2-3-5-6;;;/h7,13H,1-6H3;2-4H,1H2;2*1H;/q2*-1;;;+4/p-2. The van der Waals surface area contributed by atoms with Crippen molar-refractivity contribution in [3.05, 3.63) is 60.0 Å². The number of rotatable bonds is 0. The minimum atomic E-state index is 0. The molecule has 1 aliphatic rings. The molecule has 0 radical (unpaired) electrons. The van der Waals surface area contributed by atoms with Crippen molar-refractivity contribution in [3.8, 4) is 0 Å². The fourth-order valence-electron chi connectivity index (χ4n) is 1.87. The zero-order chi connectivity index (χ0) is 14.7. The minimum Gasteiger partial charge on any atom is -1.00 e. The Bertz CT molecular complexity index is 457. The van der Waals surface area contributed by atoms with E-state index in [1.807, 2.05) is 18.2 Å². The second-order valence-corrected chi connectivity index (χ2v) is 6.90. The Morgan fingerprint density at radius 1 is 1.00 bits per heavy atom. The summed E-state index contributed by atoms with van der Waals surface area (Å²) in [5.41, 5.74) is 4.04. The molecular weight excluding hydrogens is 392 g/mol. The summed E-state index contributed by atoms with van der Waals surface area (Å²) < 4.78 is 0. The molecule has 0 unspecified atom stereocenters. The van der Waals surface area contributed by atoms with Crippen LogP contribution >= 0.6 is 0 Å². The molecule has 1 heterocycles. The van der Waals surface area contributed by atoms with Crippen LogP contribution in [0.3, 0.4) is 0 Å². The van der Waals surface area contributed by atoms with Gasteiger partial charge < -0.3 is 29.8 Å². The van der Waals surface area contributed by atoms with E-state index in [-0.39, 0.29) is 61.8 Å². The molecule has 0 amide bonds. The molecule has 0 bridgehead atoms. The average Bonchev–Trinajstić information content (AvgIpc) is 2.84. The predicted octanol–water partition coefficient (Wildman–Crippen LogP) is -1.11. The number of hydrogen-bond donors (Lipinski definition) is 1.